The number of sulfone groups is 1. The lowest BCUT2D eigenvalue weighted by Crippen LogP contribution is -2.51. The van der Waals surface area contributed by atoms with Crippen LogP contribution in [0.4, 0.5) is 4.39 Å². The van der Waals surface area contributed by atoms with Crippen molar-refractivity contribution in [2.75, 3.05) is 12.9 Å². The Morgan fingerprint density at radius 1 is 1.26 bits per heavy atom. The van der Waals surface area contributed by atoms with Crippen LogP contribution in [0.3, 0.4) is 0 Å². The number of ether oxygens (including phenoxy) is 1. The van der Waals surface area contributed by atoms with Crippen LogP contribution in [0.1, 0.15) is 38.2 Å². The van der Waals surface area contributed by atoms with Crippen LogP contribution in [0.25, 0.3) is 21.9 Å². The average molecular weight is 542 g/mol. The van der Waals surface area contributed by atoms with Crippen molar-refractivity contribution < 1.29 is 27.2 Å². The van der Waals surface area contributed by atoms with Crippen LogP contribution in [0.15, 0.2) is 53.5 Å². The largest absolute Gasteiger partial charge is 0.350 e. The molecule has 0 spiro atoms. The SMILES string of the molecule is C[C@@](CCn1ccc2cc(-c3ccc(C#N)cc3F)ccc2c1=O)(C(=O)NOC1CCCCO1)S(C)(=O)=O. The zero-order chi connectivity index (χ0) is 27.5. The maximum Gasteiger partial charge on any atom is 0.264 e. The zero-order valence-corrected chi connectivity index (χ0v) is 21.9. The van der Waals surface area contributed by atoms with Gasteiger partial charge in [-0.15, -0.1) is 0 Å². The van der Waals surface area contributed by atoms with Gasteiger partial charge in [-0.2, -0.15) is 5.26 Å². The second-order valence-electron chi connectivity index (χ2n) is 9.52. The summed E-state index contributed by atoms with van der Waals surface area (Å²) in [7, 11) is -3.89. The minimum Gasteiger partial charge on any atom is -0.350 e. The molecule has 2 heterocycles. The van der Waals surface area contributed by atoms with Crippen molar-refractivity contribution in [3.63, 3.8) is 0 Å². The van der Waals surface area contributed by atoms with E-state index in [0.717, 1.165) is 25.2 Å². The average Bonchev–Trinajstić information content (AvgIpc) is 2.90. The Balaban J connectivity index is 1.54. The quantitative estimate of drug-likeness (QED) is 0.433. The molecule has 3 aromatic rings. The lowest BCUT2D eigenvalue weighted by Gasteiger charge is -2.28. The minimum absolute atomic E-state index is 0.0440. The van der Waals surface area contributed by atoms with Crippen molar-refractivity contribution in [3.8, 4) is 17.2 Å². The van der Waals surface area contributed by atoms with Gasteiger partial charge in [0.25, 0.3) is 11.5 Å². The van der Waals surface area contributed by atoms with Crippen molar-refractivity contribution in [1.29, 1.82) is 5.26 Å². The fourth-order valence-electron chi connectivity index (χ4n) is 4.28. The van der Waals surface area contributed by atoms with Gasteiger partial charge >= 0.3 is 0 Å². The van der Waals surface area contributed by atoms with Gasteiger partial charge in [0, 0.05) is 43.0 Å². The Hall–Kier alpha value is -3.59. The predicted octanol–water partition coefficient (Wildman–Crippen LogP) is 3.45. The summed E-state index contributed by atoms with van der Waals surface area (Å²) < 4.78 is 44.6. The number of halogens is 1. The molecule has 1 N–H and O–H groups in total. The molecule has 1 unspecified atom stereocenters. The van der Waals surface area contributed by atoms with Gasteiger partial charge in [0.05, 0.1) is 11.6 Å². The van der Waals surface area contributed by atoms with Crippen LogP contribution < -0.4 is 11.0 Å². The first-order valence-electron chi connectivity index (χ1n) is 12.1. The van der Waals surface area contributed by atoms with Crippen molar-refractivity contribution in [2.24, 2.45) is 0 Å². The molecule has 1 aliphatic heterocycles. The van der Waals surface area contributed by atoms with Gasteiger partial charge in [0.15, 0.2) is 20.9 Å². The molecule has 38 heavy (non-hydrogen) atoms. The lowest BCUT2D eigenvalue weighted by molar-refractivity contribution is -0.201. The molecular formula is C27H28FN3O6S. The van der Waals surface area contributed by atoms with E-state index in [2.05, 4.69) is 5.48 Å². The summed E-state index contributed by atoms with van der Waals surface area (Å²) in [5.41, 5.74) is 2.90. The van der Waals surface area contributed by atoms with Gasteiger partial charge in [-0.3, -0.25) is 9.59 Å². The van der Waals surface area contributed by atoms with Crippen LogP contribution in [0.2, 0.25) is 0 Å². The van der Waals surface area contributed by atoms with Gasteiger partial charge in [0.2, 0.25) is 0 Å². The number of hydrogen-bond acceptors (Lipinski definition) is 7. The van der Waals surface area contributed by atoms with E-state index in [9.17, 15) is 22.4 Å². The zero-order valence-electron chi connectivity index (χ0n) is 21.1. The van der Waals surface area contributed by atoms with Crippen molar-refractivity contribution in [2.45, 2.75) is 50.2 Å². The topological polar surface area (TPSA) is 127 Å². The predicted molar refractivity (Wildman–Crippen MR) is 139 cm³/mol. The van der Waals surface area contributed by atoms with Crippen LogP contribution in [0, 0.1) is 17.1 Å². The number of carbonyl (C=O) groups is 1. The maximum atomic E-state index is 14.5. The Bertz CT molecular complexity index is 1570. The smallest absolute Gasteiger partial charge is 0.264 e. The molecule has 2 aromatic carbocycles. The lowest BCUT2D eigenvalue weighted by atomic mass is 10.0. The van der Waals surface area contributed by atoms with Gasteiger partial charge < -0.3 is 9.30 Å². The maximum absolute atomic E-state index is 14.5. The van der Waals surface area contributed by atoms with Crippen molar-refractivity contribution in [1.82, 2.24) is 10.0 Å². The van der Waals surface area contributed by atoms with E-state index in [4.69, 9.17) is 14.8 Å². The van der Waals surface area contributed by atoms with Crippen LogP contribution in [-0.4, -0.2) is 42.8 Å². The standard InChI is InChI=1S/C27H28FN3O6S/c1-27(38(2,34)35,26(33)30-37-24-5-3-4-14-36-24)11-13-31-12-10-20-16-19(7-9-22(20)25(31)32)21-8-6-18(17-29)15-23(21)28/h6-10,12,15-16,24H,3-5,11,13-14H2,1-2H3,(H,30,33)/t24?,27-/m1/s1. The minimum atomic E-state index is -3.89. The molecule has 0 aliphatic carbocycles. The molecule has 200 valence electrons. The van der Waals surface area contributed by atoms with Crippen LogP contribution in [0.5, 0.6) is 0 Å². The number of nitrogens with one attached hydrogen (secondary N) is 1. The highest BCUT2D eigenvalue weighted by atomic mass is 32.2. The second kappa shape index (κ2) is 11.0. The number of amides is 1. The first-order valence-corrected chi connectivity index (χ1v) is 14.0. The van der Waals surface area contributed by atoms with E-state index in [1.54, 1.807) is 24.3 Å². The monoisotopic (exact) mass is 541 g/mol. The summed E-state index contributed by atoms with van der Waals surface area (Å²) in [6, 6.07) is 12.6. The number of fused-ring (bicyclic) bond motifs is 1. The number of hydroxylamine groups is 1. The van der Waals surface area contributed by atoms with Crippen molar-refractivity contribution >= 4 is 26.5 Å². The Morgan fingerprint density at radius 2 is 2.05 bits per heavy atom. The van der Waals surface area contributed by atoms with Crippen LogP contribution >= 0.6 is 0 Å². The molecule has 1 aromatic heterocycles. The number of rotatable bonds is 8. The third-order valence-electron chi connectivity index (χ3n) is 6.94. The van der Waals surface area contributed by atoms with Crippen molar-refractivity contribution in [3.05, 3.63) is 70.4 Å². The highest BCUT2D eigenvalue weighted by Gasteiger charge is 2.44. The summed E-state index contributed by atoms with van der Waals surface area (Å²) in [6.07, 6.45) is 4.02. The summed E-state index contributed by atoms with van der Waals surface area (Å²) in [5, 5.41) is 9.87. The summed E-state index contributed by atoms with van der Waals surface area (Å²) >= 11 is 0. The van der Waals surface area contributed by atoms with Crippen LogP contribution in [-0.2, 0) is 30.8 Å². The van der Waals surface area contributed by atoms with E-state index < -0.39 is 32.6 Å². The number of aryl methyl sites for hydroxylation is 1. The van der Waals surface area contributed by atoms with E-state index in [1.807, 2.05) is 6.07 Å². The molecule has 1 saturated heterocycles. The van der Waals surface area contributed by atoms with E-state index >= 15 is 0 Å². The molecule has 9 nitrogen and oxygen atoms in total. The molecule has 0 bridgehead atoms. The molecule has 2 atom stereocenters. The van der Waals surface area contributed by atoms with E-state index in [1.165, 1.54) is 29.8 Å². The third kappa shape index (κ3) is 5.62. The fourth-order valence-corrected chi connectivity index (χ4v) is 5.12. The first kappa shape index (κ1) is 27.4. The number of carbonyl (C=O) groups excluding carboxylic acids is 1. The molecule has 4 rings (SSSR count). The number of benzene rings is 2. The number of pyridine rings is 1. The second-order valence-corrected chi connectivity index (χ2v) is 12.0. The molecule has 1 amide bonds. The number of nitriles is 1. The molecule has 0 saturated carbocycles. The third-order valence-corrected chi connectivity index (χ3v) is 8.96. The normalized spacial score (nSPS) is 17.5. The fraction of sp³-hybridized carbons (Fsp3) is 0.370. The number of hydrogen-bond donors (Lipinski definition) is 1. The highest BCUT2D eigenvalue weighted by molar-refractivity contribution is 7.92. The molecule has 0 radical (unpaired) electrons. The Morgan fingerprint density at radius 3 is 2.71 bits per heavy atom. The molecule has 1 aliphatic rings. The molecular weight excluding hydrogens is 513 g/mol. The first-order chi connectivity index (χ1) is 18.0. The summed E-state index contributed by atoms with van der Waals surface area (Å²) in [4.78, 5) is 31.4. The van der Waals surface area contributed by atoms with E-state index in [0.29, 0.717) is 34.9 Å². The van der Waals surface area contributed by atoms with Gasteiger partial charge in [-0.1, -0.05) is 12.1 Å². The Kier molecular flexibility index (Phi) is 7.97. The number of nitrogens with zero attached hydrogens (tertiary/aromatic N) is 2. The summed E-state index contributed by atoms with van der Waals surface area (Å²) in [5.74, 6) is -1.38. The van der Waals surface area contributed by atoms with Gasteiger partial charge in [-0.25, -0.2) is 23.1 Å². The Labute approximate surface area is 219 Å². The molecule has 1 fully saturated rings. The van der Waals surface area contributed by atoms with Gasteiger partial charge in [0.1, 0.15) is 5.82 Å². The van der Waals surface area contributed by atoms with Gasteiger partial charge in [-0.05, 0) is 67.5 Å². The van der Waals surface area contributed by atoms with E-state index in [-0.39, 0.29) is 24.1 Å². The highest BCUT2D eigenvalue weighted by Crippen LogP contribution is 2.27. The molecule has 11 heteroatoms. The summed E-state index contributed by atoms with van der Waals surface area (Å²) in [6.45, 7) is 1.75. The number of aromatic nitrogens is 1.